The molecule has 27 heavy (non-hydrogen) atoms. The molecule has 0 saturated carbocycles. The minimum absolute atomic E-state index is 0.0249. The van der Waals surface area contributed by atoms with Crippen molar-refractivity contribution < 1.29 is 0 Å². The second-order valence-corrected chi connectivity index (χ2v) is 8.00. The third-order valence-electron chi connectivity index (χ3n) is 4.66. The van der Waals surface area contributed by atoms with Gasteiger partial charge in [-0.3, -0.25) is 9.56 Å². The smallest absolute Gasteiger partial charge is 0.345 e. The molecule has 3 rings (SSSR count). The molecule has 0 saturated heterocycles. The third-order valence-corrected chi connectivity index (χ3v) is 5.53. The second-order valence-electron chi connectivity index (χ2n) is 7.06. The molecular weight excluding hydrogens is 362 g/mol. The van der Waals surface area contributed by atoms with Crippen molar-refractivity contribution in [1.82, 2.24) is 30.0 Å². The Morgan fingerprint density at radius 2 is 2.22 bits per heavy atom. The summed E-state index contributed by atoms with van der Waals surface area (Å²) >= 11 is 1.67. The standard InChI is InChI=1S/C18H29N7OS/c1-13(2)14-12-27-16(22-14)11-21-17(19-3)20-8-6-10-25-18(26)24-9-5-4-7-15(24)23-25/h12-13H,4-11H2,1-3H3,(H2,19,20,21). The predicted molar refractivity (Wildman–Crippen MR) is 108 cm³/mol. The number of hydrogen-bond donors (Lipinski definition) is 2. The first kappa shape index (κ1) is 19.6. The van der Waals surface area contributed by atoms with Gasteiger partial charge in [0.05, 0.1) is 12.2 Å². The number of guanidine groups is 1. The van der Waals surface area contributed by atoms with Crippen LogP contribution in [0.1, 0.15) is 55.6 Å². The SMILES string of the molecule is CN=C(NCCCn1nc2n(c1=O)CCCC2)NCc1nc(C(C)C)cs1. The number of fused-ring (bicyclic) bond motifs is 1. The van der Waals surface area contributed by atoms with Gasteiger partial charge in [0.15, 0.2) is 5.96 Å². The largest absolute Gasteiger partial charge is 0.356 e. The molecule has 0 bridgehead atoms. The Balaban J connectivity index is 1.42. The maximum absolute atomic E-state index is 12.3. The summed E-state index contributed by atoms with van der Waals surface area (Å²) in [5.74, 6) is 2.12. The number of aromatic nitrogens is 4. The van der Waals surface area contributed by atoms with Crippen LogP contribution in [-0.4, -0.2) is 38.9 Å². The molecule has 2 N–H and O–H groups in total. The molecule has 1 aliphatic heterocycles. The topological polar surface area (TPSA) is 89.1 Å². The van der Waals surface area contributed by atoms with Crippen molar-refractivity contribution in [3.8, 4) is 0 Å². The van der Waals surface area contributed by atoms with Crippen LogP contribution in [0.25, 0.3) is 0 Å². The Morgan fingerprint density at radius 3 is 2.93 bits per heavy atom. The normalized spacial score (nSPS) is 14.4. The van der Waals surface area contributed by atoms with E-state index in [0.717, 1.165) is 61.3 Å². The minimum atomic E-state index is 0.0249. The predicted octanol–water partition coefficient (Wildman–Crippen LogP) is 1.72. The first-order valence-electron chi connectivity index (χ1n) is 9.64. The summed E-state index contributed by atoms with van der Waals surface area (Å²) in [4.78, 5) is 21.2. The number of thiazole rings is 1. The zero-order chi connectivity index (χ0) is 19.2. The summed E-state index contributed by atoms with van der Waals surface area (Å²) in [6.45, 7) is 7.10. The van der Waals surface area contributed by atoms with Crippen molar-refractivity contribution in [2.45, 2.75) is 65.1 Å². The molecule has 2 aromatic rings. The zero-order valence-corrected chi connectivity index (χ0v) is 17.2. The lowest BCUT2D eigenvalue weighted by molar-refractivity contribution is 0.509. The number of hydrogen-bond acceptors (Lipinski definition) is 5. The van der Waals surface area contributed by atoms with E-state index in [4.69, 9.17) is 0 Å². The van der Waals surface area contributed by atoms with E-state index >= 15 is 0 Å². The van der Waals surface area contributed by atoms with Crippen LogP contribution >= 0.6 is 11.3 Å². The summed E-state index contributed by atoms with van der Waals surface area (Å²) in [6.07, 6.45) is 3.91. The van der Waals surface area contributed by atoms with E-state index in [1.165, 1.54) is 0 Å². The van der Waals surface area contributed by atoms with E-state index in [1.807, 2.05) is 4.57 Å². The van der Waals surface area contributed by atoms with E-state index in [-0.39, 0.29) is 5.69 Å². The number of aliphatic imine (C=N–C) groups is 1. The fraction of sp³-hybridized carbons (Fsp3) is 0.667. The highest BCUT2D eigenvalue weighted by atomic mass is 32.1. The first-order valence-corrected chi connectivity index (χ1v) is 10.5. The Bertz CT molecular complexity index is 833. The van der Waals surface area contributed by atoms with Crippen LogP contribution in [0.15, 0.2) is 15.2 Å². The van der Waals surface area contributed by atoms with Crippen LogP contribution in [0.2, 0.25) is 0 Å². The van der Waals surface area contributed by atoms with Crippen molar-refractivity contribution >= 4 is 17.3 Å². The molecule has 8 nitrogen and oxygen atoms in total. The second kappa shape index (κ2) is 9.16. The number of nitrogens with one attached hydrogen (secondary N) is 2. The highest BCUT2D eigenvalue weighted by molar-refractivity contribution is 7.09. The minimum Gasteiger partial charge on any atom is -0.356 e. The molecule has 9 heteroatoms. The summed E-state index contributed by atoms with van der Waals surface area (Å²) in [5.41, 5.74) is 1.16. The van der Waals surface area contributed by atoms with Gasteiger partial charge in [-0.1, -0.05) is 13.8 Å². The lowest BCUT2D eigenvalue weighted by atomic mass is 10.2. The Kier molecular flexibility index (Phi) is 6.65. The van der Waals surface area contributed by atoms with Crippen LogP contribution in [0.5, 0.6) is 0 Å². The average Bonchev–Trinajstić information content (AvgIpc) is 3.27. The van der Waals surface area contributed by atoms with Crippen molar-refractivity contribution in [3.63, 3.8) is 0 Å². The Hall–Kier alpha value is -2.16. The monoisotopic (exact) mass is 391 g/mol. The zero-order valence-electron chi connectivity index (χ0n) is 16.4. The fourth-order valence-electron chi connectivity index (χ4n) is 3.08. The Labute approximate surface area is 163 Å². The molecule has 1 aliphatic rings. The molecular formula is C18H29N7OS. The number of aryl methyl sites for hydroxylation is 2. The van der Waals surface area contributed by atoms with E-state index in [9.17, 15) is 4.79 Å². The molecule has 0 amide bonds. The van der Waals surface area contributed by atoms with Crippen molar-refractivity contribution in [2.24, 2.45) is 4.99 Å². The van der Waals surface area contributed by atoms with E-state index < -0.39 is 0 Å². The lowest BCUT2D eigenvalue weighted by Gasteiger charge is -2.10. The van der Waals surface area contributed by atoms with E-state index in [0.29, 0.717) is 19.0 Å². The van der Waals surface area contributed by atoms with Crippen molar-refractivity contribution in [2.75, 3.05) is 13.6 Å². The molecule has 0 aliphatic carbocycles. The molecule has 0 fully saturated rings. The third kappa shape index (κ3) is 4.97. The molecule has 2 aromatic heterocycles. The summed E-state index contributed by atoms with van der Waals surface area (Å²) in [7, 11) is 1.75. The van der Waals surface area contributed by atoms with Gasteiger partial charge in [0.2, 0.25) is 0 Å². The van der Waals surface area contributed by atoms with Gasteiger partial charge in [-0.2, -0.15) is 5.10 Å². The fourth-order valence-corrected chi connectivity index (χ4v) is 3.98. The highest BCUT2D eigenvalue weighted by Gasteiger charge is 2.16. The maximum atomic E-state index is 12.3. The lowest BCUT2D eigenvalue weighted by Crippen LogP contribution is -2.37. The van der Waals surface area contributed by atoms with Gasteiger partial charge >= 0.3 is 5.69 Å². The van der Waals surface area contributed by atoms with Gasteiger partial charge in [0.1, 0.15) is 10.8 Å². The summed E-state index contributed by atoms with van der Waals surface area (Å²) in [5, 5.41) is 14.2. The molecule has 148 valence electrons. The van der Waals surface area contributed by atoms with E-state index in [2.05, 4.69) is 44.9 Å². The van der Waals surface area contributed by atoms with Crippen LogP contribution in [0.4, 0.5) is 0 Å². The number of nitrogens with zero attached hydrogens (tertiary/aromatic N) is 5. The molecule has 0 spiro atoms. The van der Waals surface area contributed by atoms with Crippen LogP contribution in [-0.2, 0) is 26.1 Å². The van der Waals surface area contributed by atoms with Crippen molar-refractivity contribution in [3.05, 3.63) is 32.4 Å². The average molecular weight is 392 g/mol. The van der Waals surface area contributed by atoms with Crippen LogP contribution in [0, 0.1) is 0 Å². The molecule has 0 atom stereocenters. The van der Waals surface area contributed by atoms with Gasteiger partial charge in [0.25, 0.3) is 0 Å². The van der Waals surface area contributed by atoms with Gasteiger partial charge < -0.3 is 10.6 Å². The highest BCUT2D eigenvalue weighted by Crippen LogP contribution is 2.17. The number of rotatable bonds is 7. The molecule has 0 aromatic carbocycles. The van der Waals surface area contributed by atoms with Gasteiger partial charge in [0, 0.05) is 38.5 Å². The first-order chi connectivity index (χ1) is 13.1. The van der Waals surface area contributed by atoms with Gasteiger partial charge in [-0.25, -0.2) is 14.5 Å². The molecule has 0 radical (unpaired) electrons. The van der Waals surface area contributed by atoms with E-state index in [1.54, 1.807) is 23.1 Å². The van der Waals surface area contributed by atoms with Gasteiger partial charge in [-0.05, 0) is 25.2 Å². The van der Waals surface area contributed by atoms with Crippen LogP contribution in [0.3, 0.4) is 0 Å². The maximum Gasteiger partial charge on any atom is 0.345 e. The quantitative estimate of drug-likeness (QED) is 0.426. The summed E-state index contributed by atoms with van der Waals surface area (Å²) in [6, 6.07) is 0. The molecule has 3 heterocycles. The molecule has 0 unspecified atom stereocenters. The Morgan fingerprint density at radius 1 is 1.37 bits per heavy atom. The summed E-state index contributed by atoms with van der Waals surface area (Å²) < 4.78 is 3.42. The van der Waals surface area contributed by atoms with Gasteiger partial charge in [-0.15, -0.1) is 11.3 Å². The van der Waals surface area contributed by atoms with Crippen LogP contribution < -0.4 is 16.3 Å². The van der Waals surface area contributed by atoms with Crippen molar-refractivity contribution in [1.29, 1.82) is 0 Å².